The van der Waals surface area contributed by atoms with E-state index in [0.717, 1.165) is 18.4 Å². The highest BCUT2D eigenvalue weighted by atomic mass is 19.1. The van der Waals surface area contributed by atoms with Crippen LogP contribution in [0.3, 0.4) is 0 Å². The smallest absolute Gasteiger partial charge is 0.255 e. The van der Waals surface area contributed by atoms with Crippen molar-refractivity contribution in [2.24, 2.45) is 5.73 Å². The molecule has 25 heavy (non-hydrogen) atoms. The molecule has 0 saturated heterocycles. The molecule has 1 aliphatic rings. The predicted octanol–water partition coefficient (Wildman–Crippen LogP) is 2.37. The first kappa shape index (κ1) is 17.0. The Bertz CT molecular complexity index is 770. The maximum atomic E-state index is 12.9. The molecule has 0 bridgehead atoms. The monoisotopic (exact) mass is 342 g/mol. The molecule has 0 radical (unpaired) electrons. The average Bonchev–Trinajstić information content (AvgIpc) is 2.57. The Labute approximate surface area is 145 Å². The van der Waals surface area contributed by atoms with Gasteiger partial charge in [-0.05, 0) is 54.7 Å². The molecule has 0 heterocycles. The van der Waals surface area contributed by atoms with Crippen LogP contribution in [0.5, 0.6) is 5.75 Å². The number of nitrogens with one attached hydrogen (secondary N) is 1. The van der Waals surface area contributed by atoms with E-state index in [0.29, 0.717) is 17.2 Å². The summed E-state index contributed by atoms with van der Waals surface area (Å²) in [5.74, 6) is -0.241. The number of hydrogen-bond acceptors (Lipinski definition) is 3. The largest absolute Gasteiger partial charge is 0.484 e. The van der Waals surface area contributed by atoms with Crippen LogP contribution in [0.15, 0.2) is 48.5 Å². The van der Waals surface area contributed by atoms with Gasteiger partial charge in [0, 0.05) is 11.6 Å². The SMILES string of the molecule is NC(=O)COc1cccc(C(=O)NC2CC(c3ccc(F)cc3)C2)c1. The van der Waals surface area contributed by atoms with Crippen LogP contribution in [0, 0.1) is 5.82 Å². The number of nitrogens with two attached hydrogens (primary N) is 1. The number of benzene rings is 2. The summed E-state index contributed by atoms with van der Waals surface area (Å²) >= 11 is 0. The van der Waals surface area contributed by atoms with Crippen molar-refractivity contribution in [3.8, 4) is 5.75 Å². The Balaban J connectivity index is 1.52. The Morgan fingerprint density at radius 2 is 1.88 bits per heavy atom. The summed E-state index contributed by atoms with van der Waals surface area (Å²) < 4.78 is 18.2. The fourth-order valence-electron chi connectivity index (χ4n) is 2.89. The van der Waals surface area contributed by atoms with Crippen molar-refractivity contribution in [3.05, 3.63) is 65.5 Å². The van der Waals surface area contributed by atoms with E-state index < -0.39 is 5.91 Å². The number of ether oxygens (including phenoxy) is 1. The van der Waals surface area contributed by atoms with E-state index in [1.54, 1.807) is 36.4 Å². The Kier molecular flexibility index (Phi) is 4.97. The fourth-order valence-corrected chi connectivity index (χ4v) is 2.89. The molecule has 1 saturated carbocycles. The minimum absolute atomic E-state index is 0.0951. The molecule has 1 aliphatic carbocycles. The lowest BCUT2D eigenvalue weighted by atomic mass is 9.76. The van der Waals surface area contributed by atoms with E-state index in [4.69, 9.17) is 10.5 Å². The summed E-state index contributed by atoms with van der Waals surface area (Å²) in [5, 5.41) is 2.98. The molecular formula is C19H19FN2O3. The normalized spacial score (nSPS) is 18.9. The molecule has 3 rings (SSSR count). The Hall–Kier alpha value is -2.89. The number of carbonyl (C=O) groups is 2. The quantitative estimate of drug-likeness (QED) is 0.845. The van der Waals surface area contributed by atoms with Crippen molar-refractivity contribution in [2.75, 3.05) is 6.61 Å². The third-order valence-electron chi connectivity index (χ3n) is 4.29. The van der Waals surface area contributed by atoms with Gasteiger partial charge < -0.3 is 15.8 Å². The minimum Gasteiger partial charge on any atom is -0.484 e. The number of rotatable bonds is 6. The first-order valence-corrected chi connectivity index (χ1v) is 8.09. The Morgan fingerprint density at radius 3 is 2.56 bits per heavy atom. The molecule has 2 amide bonds. The molecule has 0 atom stereocenters. The lowest BCUT2D eigenvalue weighted by Crippen LogP contribution is -2.43. The van der Waals surface area contributed by atoms with Crippen LogP contribution in [-0.4, -0.2) is 24.5 Å². The first-order valence-electron chi connectivity index (χ1n) is 8.09. The van der Waals surface area contributed by atoms with E-state index >= 15 is 0 Å². The Morgan fingerprint density at radius 1 is 1.16 bits per heavy atom. The highest BCUT2D eigenvalue weighted by Crippen LogP contribution is 2.37. The van der Waals surface area contributed by atoms with Gasteiger partial charge in [-0.1, -0.05) is 18.2 Å². The van der Waals surface area contributed by atoms with E-state index in [9.17, 15) is 14.0 Å². The summed E-state index contributed by atoms with van der Waals surface area (Å²) in [6.45, 7) is -0.229. The van der Waals surface area contributed by atoms with Crippen molar-refractivity contribution >= 4 is 11.8 Å². The number of halogens is 1. The molecule has 0 aromatic heterocycles. The van der Waals surface area contributed by atoms with Gasteiger partial charge in [-0.3, -0.25) is 9.59 Å². The molecule has 2 aromatic rings. The van der Waals surface area contributed by atoms with Crippen molar-refractivity contribution in [1.29, 1.82) is 0 Å². The molecule has 0 unspecified atom stereocenters. The van der Waals surface area contributed by atoms with Gasteiger partial charge in [0.15, 0.2) is 6.61 Å². The van der Waals surface area contributed by atoms with Crippen molar-refractivity contribution in [3.63, 3.8) is 0 Å². The molecule has 6 heteroatoms. The summed E-state index contributed by atoms with van der Waals surface area (Å²) in [6, 6.07) is 13.2. The number of carbonyl (C=O) groups excluding carboxylic acids is 2. The summed E-state index contributed by atoms with van der Waals surface area (Å²) in [6.07, 6.45) is 1.66. The summed E-state index contributed by atoms with van der Waals surface area (Å²) in [7, 11) is 0. The lowest BCUT2D eigenvalue weighted by Gasteiger charge is -2.36. The van der Waals surface area contributed by atoms with E-state index in [1.165, 1.54) is 12.1 Å². The lowest BCUT2D eigenvalue weighted by molar-refractivity contribution is -0.119. The third-order valence-corrected chi connectivity index (χ3v) is 4.29. The van der Waals surface area contributed by atoms with E-state index in [2.05, 4.69) is 5.32 Å². The predicted molar refractivity (Wildman–Crippen MR) is 90.8 cm³/mol. The molecule has 3 N–H and O–H groups in total. The van der Waals surface area contributed by atoms with Gasteiger partial charge in [0.25, 0.3) is 11.8 Å². The second-order valence-electron chi connectivity index (χ2n) is 6.17. The maximum absolute atomic E-state index is 12.9. The number of primary amides is 1. The number of hydrogen-bond donors (Lipinski definition) is 2. The second-order valence-corrected chi connectivity index (χ2v) is 6.17. The molecular weight excluding hydrogens is 323 g/mol. The zero-order valence-corrected chi connectivity index (χ0v) is 13.6. The minimum atomic E-state index is -0.573. The first-order chi connectivity index (χ1) is 12.0. The standard InChI is InChI=1S/C19H19FN2O3/c20-15-6-4-12(5-7-15)14-8-16(9-14)22-19(24)13-2-1-3-17(10-13)25-11-18(21)23/h1-7,10,14,16H,8-9,11H2,(H2,21,23)(H,22,24). The molecule has 1 fully saturated rings. The van der Waals surface area contributed by atoms with Crippen molar-refractivity contribution in [1.82, 2.24) is 5.32 Å². The van der Waals surface area contributed by atoms with Gasteiger partial charge in [-0.25, -0.2) is 4.39 Å². The topological polar surface area (TPSA) is 81.4 Å². The van der Waals surface area contributed by atoms with Crippen LogP contribution in [0.4, 0.5) is 4.39 Å². The third kappa shape index (κ3) is 4.35. The molecule has 130 valence electrons. The highest BCUT2D eigenvalue weighted by molar-refractivity contribution is 5.94. The van der Waals surface area contributed by atoms with Gasteiger partial charge in [0.1, 0.15) is 11.6 Å². The number of amides is 2. The zero-order valence-electron chi connectivity index (χ0n) is 13.6. The van der Waals surface area contributed by atoms with Gasteiger partial charge in [0.05, 0.1) is 0 Å². The van der Waals surface area contributed by atoms with Crippen molar-refractivity contribution in [2.45, 2.75) is 24.8 Å². The fraction of sp³-hybridized carbons (Fsp3) is 0.263. The van der Waals surface area contributed by atoms with Crippen molar-refractivity contribution < 1.29 is 18.7 Å². The van der Waals surface area contributed by atoms with Crippen LogP contribution < -0.4 is 15.8 Å². The maximum Gasteiger partial charge on any atom is 0.255 e. The van der Waals surface area contributed by atoms with Crippen LogP contribution in [0.25, 0.3) is 0 Å². The van der Waals surface area contributed by atoms with Crippen LogP contribution in [0.1, 0.15) is 34.7 Å². The second kappa shape index (κ2) is 7.34. The average molecular weight is 342 g/mol. The van der Waals surface area contributed by atoms with Crippen LogP contribution in [-0.2, 0) is 4.79 Å². The van der Waals surface area contributed by atoms with E-state index in [1.807, 2.05) is 0 Å². The van der Waals surface area contributed by atoms with Crippen LogP contribution >= 0.6 is 0 Å². The highest BCUT2D eigenvalue weighted by Gasteiger charge is 2.31. The van der Waals surface area contributed by atoms with Gasteiger partial charge >= 0.3 is 0 Å². The van der Waals surface area contributed by atoms with Crippen LogP contribution in [0.2, 0.25) is 0 Å². The van der Waals surface area contributed by atoms with Gasteiger partial charge in [0.2, 0.25) is 0 Å². The summed E-state index contributed by atoms with van der Waals surface area (Å²) in [5.41, 5.74) is 6.59. The molecule has 0 spiro atoms. The molecule has 0 aliphatic heterocycles. The van der Waals surface area contributed by atoms with Gasteiger partial charge in [-0.2, -0.15) is 0 Å². The summed E-state index contributed by atoms with van der Waals surface area (Å²) in [4.78, 5) is 23.1. The molecule has 2 aromatic carbocycles. The zero-order chi connectivity index (χ0) is 17.8. The van der Waals surface area contributed by atoms with E-state index in [-0.39, 0.29) is 24.4 Å². The van der Waals surface area contributed by atoms with Gasteiger partial charge in [-0.15, -0.1) is 0 Å². The molecule has 5 nitrogen and oxygen atoms in total.